The minimum absolute atomic E-state index is 0.553. The van der Waals surface area contributed by atoms with Crippen LogP contribution in [0.5, 0.6) is 0 Å². The topological polar surface area (TPSA) is 68.2 Å². The van der Waals surface area contributed by atoms with Crippen molar-refractivity contribution in [2.75, 3.05) is 0 Å². The van der Waals surface area contributed by atoms with Crippen LogP contribution in [0.15, 0.2) is 24.0 Å². The van der Waals surface area contributed by atoms with E-state index in [-0.39, 0.29) is 0 Å². The van der Waals surface area contributed by atoms with Gasteiger partial charge in [-0.15, -0.1) is 16.4 Å². The SMILES string of the molecule is CC(C)(O)c1cn(Cc2cn3ccsc3n2)nn1. The molecule has 0 spiro atoms. The van der Waals surface area contributed by atoms with Crippen molar-refractivity contribution in [3.8, 4) is 0 Å². The lowest BCUT2D eigenvalue weighted by Crippen LogP contribution is -2.15. The second kappa shape index (κ2) is 3.89. The first-order valence-corrected chi connectivity index (χ1v) is 6.44. The number of imidazole rings is 1. The lowest BCUT2D eigenvalue weighted by Gasteiger charge is -2.11. The molecule has 3 aromatic heterocycles. The Morgan fingerprint density at radius 2 is 2.22 bits per heavy atom. The molecule has 0 radical (unpaired) electrons. The molecule has 0 unspecified atom stereocenters. The van der Waals surface area contributed by atoms with Gasteiger partial charge in [-0.3, -0.25) is 4.40 Å². The molecule has 7 heteroatoms. The number of aliphatic hydroxyl groups is 1. The first-order valence-electron chi connectivity index (χ1n) is 5.56. The Morgan fingerprint density at radius 1 is 1.39 bits per heavy atom. The monoisotopic (exact) mass is 263 g/mol. The van der Waals surface area contributed by atoms with E-state index in [2.05, 4.69) is 15.3 Å². The van der Waals surface area contributed by atoms with Gasteiger partial charge in [0.2, 0.25) is 0 Å². The zero-order valence-electron chi connectivity index (χ0n) is 10.1. The average molecular weight is 263 g/mol. The molecule has 0 bridgehead atoms. The van der Waals surface area contributed by atoms with Crippen LogP contribution in [0, 0.1) is 0 Å². The van der Waals surface area contributed by atoms with E-state index in [0.29, 0.717) is 12.2 Å². The van der Waals surface area contributed by atoms with Crippen LogP contribution >= 0.6 is 11.3 Å². The molecular formula is C11H13N5OS. The molecule has 0 saturated carbocycles. The molecule has 3 heterocycles. The Morgan fingerprint density at radius 3 is 2.89 bits per heavy atom. The second-order valence-electron chi connectivity index (χ2n) is 4.69. The highest BCUT2D eigenvalue weighted by molar-refractivity contribution is 7.15. The van der Waals surface area contributed by atoms with Crippen molar-refractivity contribution in [2.24, 2.45) is 0 Å². The van der Waals surface area contributed by atoms with Crippen LogP contribution in [0.4, 0.5) is 0 Å². The number of thiazole rings is 1. The molecule has 6 nitrogen and oxygen atoms in total. The number of aromatic nitrogens is 5. The van der Waals surface area contributed by atoms with E-state index in [0.717, 1.165) is 10.7 Å². The summed E-state index contributed by atoms with van der Waals surface area (Å²) in [7, 11) is 0. The lowest BCUT2D eigenvalue weighted by atomic mass is 10.1. The highest BCUT2D eigenvalue weighted by Gasteiger charge is 2.20. The molecule has 3 rings (SSSR count). The van der Waals surface area contributed by atoms with Gasteiger partial charge in [0, 0.05) is 17.8 Å². The van der Waals surface area contributed by atoms with Gasteiger partial charge in [0.25, 0.3) is 0 Å². The van der Waals surface area contributed by atoms with E-state index >= 15 is 0 Å². The van der Waals surface area contributed by atoms with Gasteiger partial charge in [-0.1, -0.05) is 5.21 Å². The number of rotatable bonds is 3. The molecule has 0 fully saturated rings. The van der Waals surface area contributed by atoms with Crippen LogP contribution in [-0.2, 0) is 12.1 Å². The maximum Gasteiger partial charge on any atom is 0.193 e. The third-order valence-corrected chi connectivity index (χ3v) is 3.40. The molecule has 1 N–H and O–H groups in total. The average Bonchev–Trinajstić information content (AvgIpc) is 2.90. The van der Waals surface area contributed by atoms with Crippen molar-refractivity contribution in [1.29, 1.82) is 0 Å². The number of fused-ring (bicyclic) bond motifs is 1. The summed E-state index contributed by atoms with van der Waals surface area (Å²) in [6.07, 6.45) is 5.69. The summed E-state index contributed by atoms with van der Waals surface area (Å²) in [5.41, 5.74) is 0.518. The van der Waals surface area contributed by atoms with Crippen LogP contribution in [0.3, 0.4) is 0 Å². The van der Waals surface area contributed by atoms with Crippen LogP contribution in [-0.4, -0.2) is 29.5 Å². The number of nitrogens with zero attached hydrogens (tertiary/aromatic N) is 5. The Balaban J connectivity index is 1.84. The van der Waals surface area contributed by atoms with E-state index < -0.39 is 5.60 Å². The lowest BCUT2D eigenvalue weighted by molar-refractivity contribution is 0.0737. The van der Waals surface area contributed by atoms with E-state index in [1.54, 1.807) is 36.1 Å². The van der Waals surface area contributed by atoms with Gasteiger partial charge in [-0.05, 0) is 13.8 Å². The molecule has 0 aromatic carbocycles. The predicted molar refractivity (Wildman–Crippen MR) is 67.4 cm³/mol. The summed E-state index contributed by atoms with van der Waals surface area (Å²) in [6, 6.07) is 0. The van der Waals surface area contributed by atoms with Gasteiger partial charge in [0.05, 0.1) is 18.4 Å². The van der Waals surface area contributed by atoms with Gasteiger partial charge in [-0.25, -0.2) is 9.67 Å². The molecule has 0 amide bonds. The number of hydrogen-bond donors (Lipinski definition) is 1. The van der Waals surface area contributed by atoms with Crippen molar-refractivity contribution in [1.82, 2.24) is 24.4 Å². The largest absolute Gasteiger partial charge is 0.384 e. The molecular weight excluding hydrogens is 250 g/mol. The van der Waals surface area contributed by atoms with Crippen molar-refractivity contribution in [2.45, 2.75) is 26.0 Å². The number of hydrogen-bond acceptors (Lipinski definition) is 5. The Labute approximate surface area is 108 Å². The third kappa shape index (κ3) is 2.02. The van der Waals surface area contributed by atoms with Gasteiger partial charge in [0.15, 0.2) is 4.96 Å². The highest BCUT2D eigenvalue weighted by Crippen LogP contribution is 2.16. The first kappa shape index (κ1) is 11.4. The molecule has 18 heavy (non-hydrogen) atoms. The molecule has 0 aliphatic rings. The fourth-order valence-corrected chi connectivity index (χ4v) is 2.39. The first-order chi connectivity index (χ1) is 8.52. The quantitative estimate of drug-likeness (QED) is 0.772. The summed E-state index contributed by atoms with van der Waals surface area (Å²) < 4.78 is 3.66. The molecule has 0 atom stereocenters. The van der Waals surface area contributed by atoms with Crippen molar-refractivity contribution in [3.05, 3.63) is 35.4 Å². The van der Waals surface area contributed by atoms with Crippen molar-refractivity contribution >= 4 is 16.3 Å². The highest BCUT2D eigenvalue weighted by atomic mass is 32.1. The van der Waals surface area contributed by atoms with Gasteiger partial charge in [0.1, 0.15) is 11.3 Å². The summed E-state index contributed by atoms with van der Waals surface area (Å²) in [5, 5.41) is 19.8. The van der Waals surface area contributed by atoms with Crippen LogP contribution < -0.4 is 0 Å². The maximum absolute atomic E-state index is 9.82. The minimum atomic E-state index is -0.965. The zero-order chi connectivity index (χ0) is 12.8. The molecule has 0 aliphatic heterocycles. The van der Waals surface area contributed by atoms with E-state index in [9.17, 15) is 5.11 Å². The van der Waals surface area contributed by atoms with Crippen molar-refractivity contribution < 1.29 is 5.11 Å². The van der Waals surface area contributed by atoms with Crippen LogP contribution in [0.25, 0.3) is 4.96 Å². The van der Waals surface area contributed by atoms with Gasteiger partial charge in [-0.2, -0.15) is 0 Å². The second-order valence-corrected chi connectivity index (χ2v) is 5.56. The fraction of sp³-hybridized carbons (Fsp3) is 0.364. The molecule has 0 saturated heterocycles. The normalized spacial score (nSPS) is 12.4. The van der Waals surface area contributed by atoms with Gasteiger partial charge >= 0.3 is 0 Å². The summed E-state index contributed by atoms with van der Waals surface area (Å²) >= 11 is 1.59. The van der Waals surface area contributed by atoms with E-state index in [1.165, 1.54) is 0 Å². The minimum Gasteiger partial charge on any atom is -0.384 e. The van der Waals surface area contributed by atoms with Crippen LogP contribution in [0.1, 0.15) is 25.2 Å². The Bertz CT molecular complexity index is 646. The van der Waals surface area contributed by atoms with Gasteiger partial charge < -0.3 is 5.11 Å². The standard InChI is InChI=1S/C11H13N5OS/c1-11(2,17)9-7-16(14-13-9)6-8-5-15-3-4-18-10(15)12-8/h3-5,7,17H,6H2,1-2H3. The molecule has 94 valence electrons. The molecule has 0 aliphatic carbocycles. The van der Waals surface area contributed by atoms with E-state index in [4.69, 9.17) is 0 Å². The third-order valence-electron chi connectivity index (χ3n) is 2.63. The maximum atomic E-state index is 9.82. The smallest absolute Gasteiger partial charge is 0.193 e. The fourth-order valence-electron chi connectivity index (χ4n) is 1.67. The predicted octanol–water partition coefficient (Wildman–Crippen LogP) is 1.26. The van der Waals surface area contributed by atoms with Crippen LogP contribution in [0.2, 0.25) is 0 Å². The Hall–Kier alpha value is -1.73. The Kier molecular flexibility index (Phi) is 2.46. The summed E-state index contributed by atoms with van der Waals surface area (Å²) in [5.74, 6) is 0. The van der Waals surface area contributed by atoms with E-state index in [1.807, 2.05) is 22.2 Å². The molecule has 3 aromatic rings. The van der Waals surface area contributed by atoms with Crippen molar-refractivity contribution in [3.63, 3.8) is 0 Å². The zero-order valence-corrected chi connectivity index (χ0v) is 10.9. The summed E-state index contributed by atoms with van der Waals surface area (Å²) in [4.78, 5) is 5.44. The summed E-state index contributed by atoms with van der Waals surface area (Å²) in [6.45, 7) is 3.93.